The minimum atomic E-state index is -0.695. The molecule has 0 atom stereocenters. The highest BCUT2D eigenvalue weighted by atomic mass is 79.9. The highest BCUT2D eigenvalue weighted by molar-refractivity contribution is 9.10. The Balaban J connectivity index is 1.91. The summed E-state index contributed by atoms with van der Waals surface area (Å²) in [5.74, 6) is -1.37. The van der Waals surface area contributed by atoms with Crippen LogP contribution in [0.25, 0.3) is 0 Å². The van der Waals surface area contributed by atoms with Gasteiger partial charge in [-0.25, -0.2) is 0 Å². The normalized spacial score (nSPS) is 15.6. The van der Waals surface area contributed by atoms with Crippen LogP contribution >= 0.6 is 15.9 Å². The second kappa shape index (κ2) is 5.93. The first-order chi connectivity index (χ1) is 9.47. The standard InChI is InChI=1S/C14H17BrN2O3/c1-9-10(15)3-2-4-11(9)17-13(20)12(19)16-7-14(8-18)5-6-14/h2-4,18H,5-8H2,1H3,(H,16,19)(H,17,20). The number of halogens is 1. The maximum atomic E-state index is 11.8. The number of carbonyl (C=O) groups is 2. The van der Waals surface area contributed by atoms with Crippen molar-refractivity contribution in [1.29, 1.82) is 0 Å². The first-order valence-electron chi connectivity index (χ1n) is 6.43. The van der Waals surface area contributed by atoms with Gasteiger partial charge in [-0.1, -0.05) is 22.0 Å². The molecule has 5 nitrogen and oxygen atoms in total. The molecule has 1 fully saturated rings. The molecule has 3 N–H and O–H groups in total. The van der Waals surface area contributed by atoms with Crippen molar-refractivity contribution in [2.24, 2.45) is 5.41 Å². The van der Waals surface area contributed by atoms with Crippen molar-refractivity contribution in [3.63, 3.8) is 0 Å². The number of anilines is 1. The smallest absolute Gasteiger partial charge is 0.313 e. The van der Waals surface area contributed by atoms with Crippen LogP contribution in [0.5, 0.6) is 0 Å². The van der Waals surface area contributed by atoms with Crippen LogP contribution in [0.15, 0.2) is 22.7 Å². The topological polar surface area (TPSA) is 78.4 Å². The van der Waals surface area contributed by atoms with Crippen LogP contribution in [-0.2, 0) is 9.59 Å². The summed E-state index contributed by atoms with van der Waals surface area (Å²) in [7, 11) is 0. The molecule has 0 spiro atoms. The number of rotatable bonds is 4. The summed E-state index contributed by atoms with van der Waals surface area (Å²) in [5, 5.41) is 14.3. The molecule has 0 bridgehead atoms. The van der Waals surface area contributed by atoms with Crippen molar-refractivity contribution in [3.05, 3.63) is 28.2 Å². The highest BCUT2D eigenvalue weighted by Gasteiger charge is 2.42. The molecule has 0 aliphatic heterocycles. The summed E-state index contributed by atoms with van der Waals surface area (Å²) in [6.45, 7) is 2.23. The Hall–Kier alpha value is -1.40. The predicted octanol–water partition coefficient (Wildman–Crippen LogP) is 1.58. The third-order valence-electron chi connectivity index (χ3n) is 3.64. The number of nitrogens with one attached hydrogen (secondary N) is 2. The van der Waals surface area contributed by atoms with E-state index in [-0.39, 0.29) is 12.0 Å². The zero-order valence-electron chi connectivity index (χ0n) is 11.2. The Bertz CT molecular complexity index is 541. The van der Waals surface area contributed by atoms with Gasteiger partial charge in [-0.15, -0.1) is 0 Å². The SMILES string of the molecule is Cc1c(Br)cccc1NC(=O)C(=O)NCC1(CO)CC1. The maximum absolute atomic E-state index is 11.8. The lowest BCUT2D eigenvalue weighted by atomic mass is 10.1. The molecule has 0 radical (unpaired) electrons. The Morgan fingerprint density at radius 1 is 1.35 bits per heavy atom. The lowest BCUT2D eigenvalue weighted by Gasteiger charge is -2.13. The van der Waals surface area contributed by atoms with Gasteiger partial charge in [-0.2, -0.15) is 0 Å². The summed E-state index contributed by atoms with van der Waals surface area (Å²) in [6.07, 6.45) is 1.77. The van der Waals surface area contributed by atoms with Crippen molar-refractivity contribution >= 4 is 33.4 Å². The molecular formula is C14H17BrN2O3. The lowest BCUT2D eigenvalue weighted by molar-refractivity contribution is -0.136. The second-order valence-electron chi connectivity index (χ2n) is 5.21. The number of aliphatic hydroxyl groups is 1. The van der Waals surface area contributed by atoms with E-state index in [0.29, 0.717) is 12.2 Å². The van der Waals surface area contributed by atoms with E-state index in [1.54, 1.807) is 12.1 Å². The van der Waals surface area contributed by atoms with Crippen molar-refractivity contribution in [3.8, 4) is 0 Å². The zero-order chi connectivity index (χ0) is 14.8. The third kappa shape index (κ3) is 3.37. The highest BCUT2D eigenvalue weighted by Crippen LogP contribution is 2.44. The molecule has 0 saturated heterocycles. The molecule has 108 valence electrons. The van der Waals surface area contributed by atoms with Crippen LogP contribution in [0, 0.1) is 12.3 Å². The van der Waals surface area contributed by atoms with Gasteiger partial charge in [0.15, 0.2) is 0 Å². The van der Waals surface area contributed by atoms with Crippen LogP contribution in [-0.4, -0.2) is 30.1 Å². The maximum Gasteiger partial charge on any atom is 0.313 e. The first kappa shape index (κ1) is 15.0. The summed E-state index contributed by atoms with van der Waals surface area (Å²) in [4.78, 5) is 23.5. The van der Waals surface area contributed by atoms with Gasteiger partial charge in [0.05, 0.1) is 6.61 Å². The summed E-state index contributed by atoms with van der Waals surface area (Å²) < 4.78 is 0.868. The van der Waals surface area contributed by atoms with Crippen molar-refractivity contribution < 1.29 is 14.7 Å². The average Bonchev–Trinajstić information content (AvgIpc) is 3.22. The average molecular weight is 341 g/mol. The van der Waals surface area contributed by atoms with Crippen molar-refractivity contribution in [2.75, 3.05) is 18.5 Å². The number of benzene rings is 1. The van der Waals surface area contributed by atoms with Gasteiger partial charge < -0.3 is 15.7 Å². The Labute approximate surface area is 125 Å². The van der Waals surface area contributed by atoms with Gasteiger partial charge in [-0.3, -0.25) is 9.59 Å². The monoisotopic (exact) mass is 340 g/mol. The summed E-state index contributed by atoms with van der Waals surface area (Å²) >= 11 is 3.37. The van der Waals surface area contributed by atoms with E-state index >= 15 is 0 Å². The summed E-state index contributed by atoms with van der Waals surface area (Å²) in [5.41, 5.74) is 1.26. The van der Waals surface area contributed by atoms with Gasteiger partial charge in [0.1, 0.15) is 0 Å². The quantitative estimate of drug-likeness (QED) is 0.728. The number of hydrogen-bond donors (Lipinski definition) is 3. The molecule has 0 aromatic heterocycles. The van der Waals surface area contributed by atoms with Crippen LogP contribution in [0.1, 0.15) is 18.4 Å². The fourth-order valence-corrected chi connectivity index (χ4v) is 2.20. The van der Waals surface area contributed by atoms with Gasteiger partial charge in [-0.05, 0) is 37.5 Å². The fraction of sp³-hybridized carbons (Fsp3) is 0.429. The molecule has 0 heterocycles. The molecule has 0 unspecified atom stereocenters. The van der Waals surface area contributed by atoms with Gasteiger partial charge in [0.2, 0.25) is 0 Å². The molecule has 20 heavy (non-hydrogen) atoms. The Morgan fingerprint density at radius 2 is 2.05 bits per heavy atom. The predicted molar refractivity (Wildman–Crippen MR) is 79.3 cm³/mol. The number of amides is 2. The third-order valence-corrected chi connectivity index (χ3v) is 4.50. The summed E-state index contributed by atoms with van der Waals surface area (Å²) in [6, 6.07) is 5.39. The minimum absolute atomic E-state index is 0.0413. The largest absolute Gasteiger partial charge is 0.396 e. The lowest BCUT2D eigenvalue weighted by Crippen LogP contribution is -2.39. The molecule has 1 aromatic rings. The van der Waals surface area contributed by atoms with Crippen LogP contribution in [0.3, 0.4) is 0 Å². The minimum Gasteiger partial charge on any atom is -0.396 e. The van der Waals surface area contributed by atoms with E-state index in [4.69, 9.17) is 5.11 Å². The number of hydrogen-bond acceptors (Lipinski definition) is 3. The van der Waals surface area contributed by atoms with E-state index in [9.17, 15) is 9.59 Å². The van der Waals surface area contributed by atoms with E-state index < -0.39 is 11.8 Å². The molecular weight excluding hydrogens is 324 g/mol. The van der Waals surface area contributed by atoms with E-state index in [1.165, 1.54) is 0 Å². The molecule has 6 heteroatoms. The second-order valence-corrected chi connectivity index (χ2v) is 6.06. The van der Waals surface area contributed by atoms with E-state index in [0.717, 1.165) is 22.9 Å². The molecule has 2 rings (SSSR count). The van der Waals surface area contributed by atoms with Gasteiger partial charge in [0.25, 0.3) is 0 Å². The number of carbonyl (C=O) groups excluding carboxylic acids is 2. The molecule has 1 saturated carbocycles. The molecule has 1 aromatic carbocycles. The molecule has 2 amide bonds. The first-order valence-corrected chi connectivity index (χ1v) is 7.22. The van der Waals surface area contributed by atoms with E-state index in [1.807, 2.05) is 13.0 Å². The van der Waals surface area contributed by atoms with Crippen LogP contribution < -0.4 is 10.6 Å². The van der Waals surface area contributed by atoms with E-state index in [2.05, 4.69) is 26.6 Å². The van der Waals surface area contributed by atoms with Crippen molar-refractivity contribution in [2.45, 2.75) is 19.8 Å². The zero-order valence-corrected chi connectivity index (χ0v) is 12.8. The molecule has 1 aliphatic carbocycles. The fourth-order valence-electron chi connectivity index (χ4n) is 1.84. The Kier molecular flexibility index (Phi) is 4.45. The van der Waals surface area contributed by atoms with Gasteiger partial charge >= 0.3 is 11.8 Å². The van der Waals surface area contributed by atoms with Crippen LogP contribution in [0.2, 0.25) is 0 Å². The Morgan fingerprint density at radius 3 is 2.65 bits per heavy atom. The van der Waals surface area contributed by atoms with Crippen molar-refractivity contribution in [1.82, 2.24) is 5.32 Å². The van der Waals surface area contributed by atoms with Gasteiger partial charge in [0, 0.05) is 22.1 Å². The van der Waals surface area contributed by atoms with Crippen LogP contribution in [0.4, 0.5) is 5.69 Å². The molecule has 1 aliphatic rings. The number of aliphatic hydroxyl groups excluding tert-OH is 1.